The van der Waals surface area contributed by atoms with Gasteiger partial charge in [-0.25, -0.2) is 18.2 Å². The van der Waals surface area contributed by atoms with Crippen molar-refractivity contribution in [2.24, 2.45) is 0 Å². The highest BCUT2D eigenvalue weighted by molar-refractivity contribution is 6.29. The Balaban J connectivity index is 2.56. The lowest BCUT2D eigenvalue weighted by atomic mass is 9.98. The summed E-state index contributed by atoms with van der Waals surface area (Å²) in [6.07, 6.45) is -2.40. The first-order chi connectivity index (χ1) is 14.2. The molecular formula is C19H18ClF3N4O3. The Morgan fingerprint density at radius 2 is 2.10 bits per heavy atom. The second-order valence-corrected chi connectivity index (χ2v) is 6.38. The Labute approximate surface area is 174 Å². The number of nitrogens with one attached hydrogen (secondary N) is 2. The summed E-state index contributed by atoms with van der Waals surface area (Å²) in [4.78, 5) is 29.0. The predicted octanol–water partition coefficient (Wildman–Crippen LogP) is 3.55. The predicted molar refractivity (Wildman–Crippen MR) is 107 cm³/mol. The number of anilines is 2. The number of nitrogens with zero attached hydrogens (tertiary/aromatic N) is 1. The van der Waals surface area contributed by atoms with Crippen molar-refractivity contribution in [3.8, 4) is 5.88 Å². The number of ether oxygens (including phenoxy) is 1. The van der Waals surface area contributed by atoms with Gasteiger partial charge in [0, 0.05) is 29.3 Å². The van der Waals surface area contributed by atoms with Crippen molar-refractivity contribution >= 4 is 40.9 Å². The van der Waals surface area contributed by atoms with E-state index in [0.717, 1.165) is 18.3 Å². The summed E-state index contributed by atoms with van der Waals surface area (Å²) in [6.45, 7) is 1.20. The van der Waals surface area contributed by atoms with Crippen LogP contribution >= 0.6 is 11.6 Å². The van der Waals surface area contributed by atoms with Crippen LogP contribution in [0.4, 0.5) is 24.5 Å². The quantitative estimate of drug-likeness (QED) is 0.237. The van der Waals surface area contributed by atoms with Crippen LogP contribution in [0.5, 0.6) is 5.88 Å². The molecule has 0 aliphatic carbocycles. The van der Waals surface area contributed by atoms with Crippen LogP contribution in [0.15, 0.2) is 18.2 Å². The van der Waals surface area contributed by atoms with Gasteiger partial charge >= 0.3 is 0 Å². The summed E-state index contributed by atoms with van der Waals surface area (Å²) in [5, 5.41) is 9.88. The largest absolute Gasteiger partial charge is 0.477 e. The first-order valence-corrected chi connectivity index (χ1v) is 9.14. The molecule has 1 heterocycles. The third-order valence-corrected chi connectivity index (χ3v) is 4.22. The summed E-state index contributed by atoms with van der Waals surface area (Å²) >= 11 is 5.50. The van der Waals surface area contributed by atoms with Gasteiger partial charge in [0.1, 0.15) is 17.4 Å². The van der Waals surface area contributed by atoms with Crippen molar-refractivity contribution in [2.75, 3.05) is 23.5 Å². The van der Waals surface area contributed by atoms with Gasteiger partial charge in [-0.2, -0.15) is 0 Å². The van der Waals surface area contributed by atoms with E-state index in [-0.39, 0.29) is 35.0 Å². The summed E-state index contributed by atoms with van der Waals surface area (Å²) < 4.78 is 43.7. The van der Waals surface area contributed by atoms with Gasteiger partial charge in [-0.1, -0.05) is 0 Å². The van der Waals surface area contributed by atoms with E-state index in [1.54, 1.807) is 6.92 Å². The normalized spacial score (nSPS) is 10.7. The standard InChI is InChI=1S/C19H18ClF3N4O3/c1-9-6-13(26-15(28)7-20)17(27-19(9)30-5-4-14(22)23)18(29)10-2-3-12(21)16(25)11(10)8-24/h2-3,6,8,14,24H,4-5,7,25H2,1H3,(H,26,28). The van der Waals surface area contributed by atoms with Gasteiger partial charge in [0.05, 0.1) is 18.0 Å². The molecule has 0 saturated carbocycles. The topological polar surface area (TPSA) is 118 Å². The molecule has 0 radical (unpaired) electrons. The summed E-state index contributed by atoms with van der Waals surface area (Å²) in [7, 11) is 0. The van der Waals surface area contributed by atoms with Gasteiger partial charge in [-0.3, -0.25) is 9.59 Å². The van der Waals surface area contributed by atoms with Crippen molar-refractivity contribution in [2.45, 2.75) is 19.8 Å². The molecule has 7 nitrogen and oxygen atoms in total. The number of halogens is 4. The van der Waals surface area contributed by atoms with Gasteiger partial charge in [0.15, 0.2) is 0 Å². The number of aromatic nitrogens is 1. The number of amides is 1. The molecule has 0 aliphatic heterocycles. The second-order valence-electron chi connectivity index (χ2n) is 6.11. The van der Waals surface area contributed by atoms with Gasteiger partial charge < -0.3 is 21.2 Å². The Morgan fingerprint density at radius 3 is 2.70 bits per heavy atom. The van der Waals surface area contributed by atoms with Crippen molar-refractivity contribution in [3.63, 3.8) is 0 Å². The minimum Gasteiger partial charge on any atom is -0.477 e. The van der Waals surface area contributed by atoms with Gasteiger partial charge in [-0.05, 0) is 25.1 Å². The summed E-state index contributed by atoms with van der Waals surface area (Å²) in [5.74, 6) is -2.70. The number of nitrogen functional groups attached to an aromatic ring is 1. The summed E-state index contributed by atoms with van der Waals surface area (Å²) in [6, 6.07) is 3.46. The zero-order chi connectivity index (χ0) is 22.4. The number of hydrogen-bond acceptors (Lipinski definition) is 6. The highest BCUT2D eigenvalue weighted by Gasteiger charge is 2.24. The van der Waals surface area contributed by atoms with Crippen molar-refractivity contribution < 1.29 is 27.5 Å². The average Bonchev–Trinajstić information content (AvgIpc) is 2.70. The second kappa shape index (κ2) is 10.1. The number of carbonyl (C=O) groups is 2. The molecule has 30 heavy (non-hydrogen) atoms. The number of rotatable bonds is 9. The molecule has 0 atom stereocenters. The molecule has 0 fully saturated rings. The molecule has 0 aliphatic rings. The lowest BCUT2D eigenvalue weighted by molar-refractivity contribution is -0.113. The highest BCUT2D eigenvalue weighted by atomic mass is 35.5. The number of alkyl halides is 3. The molecule has 0 bridgehead atoms. The van der Waals surface area contributed by atoms with E-state index in [4.69, 9.17) is 27.5 Å². The molecule has 1 aromatic heterocycles. The fourth-order valence-corrected chi connectivity index (χ4v) is 2.60. The van der Waals surface area contributed by atoms with E-state index < -0.39 is 41.9 Å². The van der Waals surface area contributed by atoms with E-state index in [2.05, 4.69) is 10.3 Å². The summed E-state index contributed by atoms with van der Waals surface area (Å²) in [5.41, 5.74) is 4.96. The average molecular weight is 443 g/mol. The van der Waals surface area contributed by atoms with Crippen molar-refractivity contribution in [1.82, 2.24) is 4.98 Å². The van der Waals surface area contributed by atoms with Gasteiger partial charge in [-0.15, -0.1) is 11.6 Å². The van der Waals surface area contributed by atoms with Crippen molar-refractivity contribution in [1.29, 1.82) is 5.41 Å². The van der Waals surface area contributed by atoms with Crippen molar-refractivity contribution in [3.05, 3.63) is 46.4 Å². The van der Waals surface area contributed by atoms with Crippen LogP contribution in [-0.4, -0.2) is 41.8 Å². The van der Waals surface area contributed by atoms with Crippen LogP contribution in [0.3, 0.4) is 0 Å². The molecule has 160 valence electrons. The molecule has 0 saturated heterocycles. The molecule has 1 amide bonds. The van der Waals surface area contributed by atoms with Crippen LogP contribution in [0, 0.1) is 18.2 Å². The SMILES string of the molecule is Cc1cc(NC(=O)CCl)c(C(=O)c2ccc(F)c(N)c2C=N)nc1OCCC(F)F. The van der Waals surface area contributed by atoms with Crippen LogP contribution in [0.25, 0.3) is 0 Å². The molecule has 0 spiro atoms. The maximum absolute atomic E-state index is 13.7. The molecule has 0 unspecified atom stereocenters. The van der Waals surface area contributed by atoms with Gasteiger partial charge in [0.2, 0.25) is 24.0 Å². The fraction of sp³-hybridized carbons (Fsp3) is 0.263. The fourth-order valence-electron chi connectivity index (χ4n) is 2.53. The van der Waals surface area contributed by atoms with E-state index in [9.17, 15) is 22.8 Å². The number of benzene rings is 1. The number of carbonyl (C=O) groups excluding carboxylic acids is 2. The molecule has 2 aromatic rings. The monoisotopic (exact) mass is 442 g/mol. The van der Waals surface area contributed by atoms with Crippen LogP contribution in [0.1, 0.15) is 33.6 Å². The number of aryl methyl sites for hydroxylation is 1. The minimum atomic E-state index is -2.58. The number of hydrogen-bond donors (Lipinski definition) is 3. The Morgan fingerprint density at radius 1 is 1.40 bits per heavy atom. The van der Waals surface area contributed by atoms with E-state index in [1.807, 2.05) is 0 Å². The lowest BCUT2D eigenvalue weighted by Gasteiger charge is -2.15. The Bertz CT molecular complexity index is 986. The van der Waals surface area contributed by atoms with Crippen LogP contribution in [-0.2, 0) is 4.79 Å². The maximum Gasteiger partial charge on any atom is 0.241 e. The zero-order valence-corrected chi connectivity index (χ0v) is 16.5. The molecule has 2 rings (SSSR count). The minimum absolute atomic E-state index is 0.0109. The number of pyridine rings is 1. The van der Waals surface area contributed by atoms with Gasteiger partial charge in [0.25, 0.3) is 0 Å². The highest BCUT2D eigenvalue weighted by Crippen LogP contribution is 2.28. The van der Waals surface area contributed by atoms with E-state index in [0.29, 0.717) is 5.56 Å². The van der Waals surface area contributed by atoms with Crippen LogP contribution in [0.2, 0.25) is 0 Å². The van der Waals surface area contributed by atoms with Crippen LogP contribution < -0.4 is 15.8 Å². The van der Waals surface area contributed by atoms with E-state index >= 15 is 0 Å². The number of ketones is 1. The third kappa shape index (κ3) is 5.26. The lowest BCUT2D eigenvalue weighted by Crippen LogP contribution is -2.19. The maximum atomic E-state index is 13.7. The molecule has 1 aromatic carbocycles. The Kier molecular flexibility index (Phi) is 7.76. The first-order valence-electron chi connectivity index (χ1n) is 8.61. The molecular weight excluding hydrogens is 425 g/mol. The Hall–Kier alpha value is -3.14. The zero-order valence-electron chi connectivity index (χ0n) is 15.8. The smallest absolute Gasteiger partial charge is 0.241 e. The first kappa shape index (κ1) is 23.1. The third-order valence-electron chi connectivity index (χ3n) is 3.97. The molecule has 11 heteroatoms. The van der Waals surface area contributed by atoms with E-state index in [1.165, 1.54) is 6.07 Å². The number of nitrogens with two attached hydrogens (primary N) is 1. The molecule has 4 N–H and O–H groups in total.